The lowest BCUT2D eigenvalue weighted by Gasteiger charge is -2.06. The van der Waals surface area contributed by atoms with Crippen LogP contribution in [-0.4, -0.2) is 17.7 Å². The maximum Gasteiger partial charge on any atom is 0.231 e. The second-order valence-electron chi connectivity index (χ2n) is 6.94. The first-order valence-corrected chi connectivity index (χ1v) is 10.6. The van der Waals surface area contributed by atoms with Gasteiger partial charge in [0.1, 0.15) is 0 Å². The van der Waals surface area contributed by atoms with Gasteiger partial charge in [-0.15, -0.1) is 11.3 Å². The number of thiazole rings is 1. The Morgan fingerprint density at radius 1 is 0.903 bits per heavy atom. The summed E-state index contributed by atoms with van der Waals surface area (Å²) >= 11 is 1.48. The highest BCUT2D eigenvalue weighted by molar-refractivity contribution is 7.16. The predicted octanol–water partition coefficient (Wildman–Crippen LogP) is 5.46. The number of nitrogens with one attached hydrogen (secondary N) is 2. The van der Waals surface area contributed by atoms with Crippen molar-refractivity contribution < 1.29 is 14.3 Å². The molecule has 2 heterocycles. The summed E-state index contributed by atoms with van der Waals surface area (Å²) in [6.07, 6.45) is 0.215. The van der Waals surface area contributed by atoms with Crippen LogP contribution in [0.25, 0.3) is 11.3 Å². The number of carbonyl (C=O) groups excluding carboxylic acids is 1. The molecule has 2 N–H and O–H groups in total. The second kappa shape index (κ2) is 8.49. The van der Waals surface area contributed by atoms with E-state index in [1.165, 1.54) is 11.3 Å². The van der Waals surface area contributed by atoms with Gasteiger partial charge >= 0.3 is 0 Å². The van der Waals surface area contributed by atoms with E-state index in [0.29, 0.717) is 17.2 Å². The number of nitrogens with zero attached hydrogens (tertiary/aromatic N) is 1. The fourth-order valence-electron chi connectivity index (χ4n) is 3.32. The van der Waals surface area contributed by atoms with Gasteiger partial charge in [-0.05, 0) is 24.3 Å². The highest BCUT2D eigenvalue weighted by atomic mass is 32.1. The van der Waals surface area contributed by atoms with E-state index < -0.39 is 0 Å². The number of anilines is 3. The third-order valence-corrected chi connectivity index (χ3v) is 5.72. The van der Waals surface area contributed by atoms with Crippen molar-refractivity contribution in [3.05, 3.63) is 83.7 Å². The Morgan fingerprint density at radius 3 is 2.45 bits per heavy atom. The second-order valence-corrected chi connectivity index (χ2v) is 8.02. The van der Waals surface area contributed by atoms with Crippen molar-refractivity contribution in [1.82, 2.24) is 4.98 Å². The molecule has 0 atom stereocenters. The first-order valence-electron chi connectivity index (χ1n) is 9.81. The van der Waals surface area contributed by atoms with E-state index in [1.807, 2.05) is 60.7 Å². The molecular weight excluding hydrogens is 410 g/mol. The van der Waals surface area contributed by atoms with Gasteiger partial charge in [0.05, 0.1) is 12.1 Å². The summed E-state index contributed by atoms with van der Waals surface area (Å²) in [4.78, 5) is 18.5. The van der Waals surface area contributed by atoms with Gasteiger partial charge in [-0.3, -0.25) is 4.79 Å². The van der Waals surface area contributed by atoms with E-state index in [-0.39, 0.29) is 19.1 Å². The molecule has 0 fully saturated rings. The molecule has 154 valence electrons. The largest absolute Gasteiger partial charge is 0.454 e. The fourth-order valence-corrected chi connectivity index (χ4v) is 4.32. The molecule has 1 aliphatic rings. The van der Waals surface area contributed by atoms with E-state index in [9.17, 15) is 4.79 Å². The number of carbonyl (C=O) groups is 1. The molecule has 4 aromatic rings. The van der Waals surface area contributed by atoms with Crippen molar-refractivity contribution in [1.29, 1.82) is 0 Å². The number of aromatic nitrogens is 1. The van der Waals surface area contributed by atoms with Crippen LogP contribution >= 0.6 is 11.3 Å². The van der Waals surface area contributed by atoms with Crippen LogP contribution in [0.5, 0.6) is 11.5 Å². The Balaban J connectivity index is 1.38. The lowest BCUT2D eigenvalue weighted by molar-refractivity contribution is -0.115. The quantitative estimate of drug-likeness (QED) is 0.426. The van der Waals surface area contributed by atoms with Gasteiger partial charge in [0.25, 0.3) is 0 Å². The molecule has 0 saturated heterocycles. The van der Waals surface area contributed by atoms with Gasteiger partial charge in [-0.1, -0.05) is 48.5 Å². The molecule has 0 bridgehead atoms. The third kappa shape index (κ3) is 4.36. The molecule has 0 saturated carbocycles. The van der Waals surface area contributed by atoms with Crippen LogP contribution in [-0.2, 0) is 11.2 Å². The molecule has 5 rings (SSSR count). The van der Waals surface area contributed by atoms with Gasteiger partial charge in [0.2, 0.25) is 12.7 Å². The normalized spacial score (nSPS) is 11.9. The maximum atomic E-state index is 12.8. The van der Waals surface area contributed by atoms with Gasteiger partial charge in [-0.25, -0.2) is 4.98 Å². The lowest BCUT2D eigenvalue weighted by atomic mass is 10.1. The van der Waals surface area contributed by atoms with Gasteiger partial charge in [0, 0.05) is 27.9 Å². The number of para-hydroxylation sites is 1. The van der Waals surface area contributed by atoms with Crippen molar-refractivity contribution in [2.45, 2.75) is 6.42 Å². The van der Waals surface area contributed by atoms with Crippen LogP contribution in [0.4, 0.5) is 16.5 Å². The van der Waals surface area contributed by atoms with E-state index in [2.05, 4.69) is 10.6 Å². The summed E-state index contributed by atoms with van der Waals surface area (Å²) in [6, 6.07) is 25.1. The number of rotatable bonds is 6. The van der Waals surface area contributed by atoms with Crippen LogP contribution in [0, 0.1) is 0 Å². The zero-order chi connectivity index (χ0) is 21.0. The molecule has 0 aliphatic carbocycles. The van der Waals surface area contributed by atoms with Crippen molar-refractivity contribution >= 4 is 33.8 Å². The van der Waals surface area contributed by atoms with E-state index >= 15 is 0 Å². The standard InChI is InChI=1S/C24H19N3O3S/c28-22(25-18-11-12-19-20(13-18)30-15-29-19)14-21-23(16-7-3-1-4-8-16)27-24(31-21)26-17-9-5-2-6-10-17/h1-13H,14-15H2,(H,25,28)(H,26,27). The highest BCUT2D eigenvalue weighted by Gasteiger charge is 2.18. The molecule has 1 aliphatic heterocycles. The Morgan fingerprint density at radius 2 is 1.65 bits per heavy atom. The molecule has 1 aromatic heterocycles. The van der Waals surface area contributed by atoms with Gasteiger partial charge in [-0.2, -0.15) is 0 Å². The monoisotopic (exact) mass is 429 g/mol. The van der Waals surface area contributed by atoms with E-state index in [1.54, 1.807) is 18.2 Å². The molecule has 6 nitrogen and oxygen atoms in total. The number of hydrogen-bond acceptors (Lipinski definition) is 6. The Bertz CT molecular complexity index is 1210. The fraction of sp³-hybridized carbons (Fsp3) is 0.0833. The smallest absolute Gasteiger partial charge is 0.231 e. The summed E-state index contributed by atoms with van der Waals surface area (Å²) in [6.45, 7) is 0.200. The topological polar surface area (TPSA) is 72.5 Å². The zero-order valence-corrected chi connectivity index (χ0v) is 17.3. The minimum atomic E-state index is -0.119. The minimum Gasteiger partial charge on any atom is -0.454 e. The lowest BCUT2D eigenvalue weighted by Crippen LogP contribution is -2.14. The SMILES string of the molecule is O=C(Cc1sc(Nc2ccccc2)nc1-c1ccccc1)Nc1ccc2c(c1)OCO2. The molecule has 0 radical (unpaired) electrons. The Labute approximate surface area is 183 Å². The van der Waals surface area contributed by atoms with Crippen LogP contribution in [0.15, 0.2) is 78.9 Å². The highest BCUT2D eigenvalue weighted by Crippen LogP contribution is 2.35. The Kier molecular flexibility index (Phi) is 5.24. The summed E-state index contributed by atoms with van der Waals surface area (Å²) in [7, 11) is 0. The first-order chi connectivity index (χ1) is 15.2. The number of benzene rings is 3. The van der Waals surface area contributed by atoms with Crippen molar-refractivity contribution in [3.63, 3.8) is 0 Å². The van der Waals surface area contributed by atoms with Crippen LogP contribution in [0.2, 0.25) is 0 Å². The average Bonchev–Trinajstić information content (AvgIpc) is 3.41. The van der Waals surface area contributed by atoms with Gasteiger partial charge < -0.3 is 20.1 Å². The molecule has 3 aromatic carbocycles. The molecule has 1 amide bonds. The number of ether oxygens (including phenoxy) is 2. The van der Waals surface area contributed by atoms with Crippen molar-refractivity contribution in [2.75, 3.05) is 17.4 Å². The van der Waals surface area contributed by atoms with Crippen molar-refractivity contribution in [2.24, 2.45) is 0 Å². The number of amides is 1. The summed E-state index contributed by atoms with van der Waals surface area (Å²) in [5.74, 6) is 1.20. The number of fused-ring (bicyclic) bond motifs is 1. The minimum absolute atomic E-state index is 0.119. The predicted molar refractivity (Wildman–Crippen MR) is 122 cm³/mol. The van der Waals surface area contributed by atoms with Crippen LogP contribution in [0.3, 0.4) is 0 Å². The van der Waals surface area contributed by atoms with Gasteiger partial charge in [0.15, 0.2) is 16.6 Å². The van der Waals surface area contributed by atoms with Crippen molar-refractivity contribution in [3.8, 4) is 22.8 Å². The van der Waals surface area contributed by atoms with E-state index in [0.717, 1.165) is 27.0 Å². The summed E-state index contributed by atoms with van der Waals surface area (Å²) < 4.78 is 10.7. The number of hydrogen-bond donors (Lipinski definition) is 2. The first kappa shape index (κ1) is 19.1. The summed E-state index contributed by atoms with van der Waals surface area (Å²) in [5.41, 5.74) is 3.41. The maximum absolute atomic E-state index is 12.8. The van der Waals surface area contributed by atoms with Crippen LogP contribution < -0.4 is 20.1 Å². The zero-order valence-electron chi connectivity index (χ0n) is 16.5. The molecular formula is C24H19N3O3S. The average molecular weight is 430 g/mol. The summed E-state index contributed by atoms with van der Waals surface area (Å²) in [5, 5.41) is 7.02. The molecule has 0 unspecified atom stereocenters. The molecule has 0 spiro atoms. The third-order valence-electron chi connectivity index (χ3n) is 4.75. The van der Waals surface area contributed by atoms with Crippen LogP contribution in [0.1, 0.15) is 4.88 Å². The molecule has 7 heteroatoms. The van der Waals surface area contributed by atoms with E-state index in [4.69, 9.17) is 14.5 Å². The molecule has 31 heavy (non-hydrogen) atoms. The Hall–Kier alpha value is -3.84.